The van der Waals surface area contributed by atoms with Crippen molar-refractivity contribution < 1.29 is 52.5 Å². The van der Waals surface area contributed by atoms with E-state index in [1.54, 1.807) is 73.6 Å². The second-order valence-electron chi connectivity index (χ2n) is 6.83. The summed E-state index contributed by atoms with van der Waals surface area (Å²) in [4.78, 5) is 55.4. The molecule has 20 heteroatoms. The van der Waals surface area contributed by atoms with Gasteiger partial charge in [-0.15, -0.1) is 0 Å². The summed E-state index contributed by atoms with van der Waals surface area (Å²) < 4.78 is 0. The van der Waals surface area contributed by atoms with Crippen molar-refractivity contribution in [2.45, 2.75) is 0 Å². The molecule has 0 aliphatic carbocycles. The predicted octanol–water partition coefficient (Wildman–Crippen LogP) is 1.08. The first-order valence-corrected chi connectivity index (χ1v) is 11.1. The van der Waals surface area contributed by atoms with Crippen LogP contribution in [0.4, 0.5) is 0 Å². The van der Waals surface area contributed by atoms with Gasteiger partial charge in [0.1, 0.15) is 0 Å². The van der Waals surface area contributed by atoms with Crippen molar-refractivity contribution >= 4 is 24.2 Å². The second-order valence-corrected chi connectivity index (χ2v) is 6.83. The van der Waals surface area contributed by atoms with Gasteiger partial charge in [0.2, 0.25) is 0 Å². The fourth-order valence-corrected chi connectivity index (χ4v) is 2.35. The van der Waals surface area contributed by atoms with Gasteiger partial charge in [-0.1, -0.05) is 12.1 Å². The number of hydrogen-bond donors (Lipinski definition) is 2. The van der Waals surface area contributed by atoms with Crippen LogP contribution in [0.1, 0.15) is 32.1 Å². The zero-order chi connectivity index (χ0) is 31.0. The molecule has 0 aliphatic heterocycles. The molecule has 0 saturated carbocycles. The Balaban J connectivity index is 0. The van der Waals surface area contributed by atoms with Gasteiger partial charge >= 0.3 is 27.3 Å². The first-order valence-electron chi connectivity index (χ1n) is 11.1. The Labute approximate surface area is 268 Å². The summed E-state index contributed by atoms with van der Waals surface area (Å²) in [7, 11) is 0. The van der Waals surface area contributed by atoms with Gasteiger partial charge in [-0.2, -0.15) is 10.2 Å². The molecule has 224 valence electrons. The Hall–Kier alpha value is -5.84. The van der Waals surface area contributed by atoms with Gasteiger partial charge < -0.3 is 36.1 Å². The van der Waals surface area contributed by atoms with Crippen molar-refractivity contribution in [3.8, 4) is 0 Å². The van der Waals surface area contributed by atoms with Gasteiger partial charge in [0, 0.05) is 48.3 Å². The van der Waals surface area contributed by atoms with Gasteiger partial charge in [0.05, 0.1) is 34.0 Å². The van der Waals surface area contributed by atoms with Gasteiger partial charge in [-0.25, -0.2) is 10.9 Å². The van der Waals surface area contributed by atoms with E-state index in [0.717, 1.165) is 0 Å². The molecule has 0 fully saturated rings. The molecule has 0 spiro atoms. The number of rotatable bonds is 6. The quantitative estimate of drug-likeness (QED) is 0.0935. The third kappa shape index (κ3) is 21.0. The van der Waals surface area contributed by atoms with E-state index >= 15 is 0 Å². The van der Waals surface area contributed by atoms with Crippen LogP contribution in [0.25, 0.3) is 0 Å². The van der Waals surface area contributed by atoms with E-state index < -0.39 is 10.2 Å². The van der Waals surface area contributed by atoms with Crippen molar-refractivity contribution in [3.63, 3.8) is 0 Å². The maximum atomic E-state index is 11.6. The Kier molecular flexibility index (Phi) is 22.8. The minimum Gasteiger partial charge on any atom is -0.457 e. The van der Waals surface area contributed by atoms with Crippen molar-refractivity contribution in [2.24, 2.45) is 10.2 Å². The average Bonchev–Trinajstić information content (AvgIpc) is 2.99. The van der Waals surface area contributed by atoms with Crippen molar-refractivity contribution in [2.75, 3.05) is 0 Å². The van der Waals surface area contributed by atoms with E-state index in [1.165, 1.54) is 12.4 Å². The normalized spacial score (nSPS) is 9.09. The largest absolute Gasteiger partial charge is 2.00 e. The molecule has 44 heavy (non-hydrogen) atoms. The number of carbonyl (C=O) groups excluding carboxylic acids is 2. The molecule has 0 unspecified atom stereocenters. The number of amides is 2. The monoisotopic (exact) mass is 709 g/mol. The third-order valence-corrected chi connectivity index (χ3v) is 3.99. The predicted molar refractivity (Wildman–Crippen MR) is 153 cm³/mol. The van der Waals surface area contributed by atoms with E-state index in [2.05, 4.69) is 41.0 Å². The van der Waals surface area contributed by atoms with Crippen molar-refractivity contribution in [1.82, 2.24) is 30.8 Å². The first-order chi connectivity index (χ1) is 20.2. The molecular weight excluding hydrogens is 685 g/mol. The second kappa shape index (κ2) is 24.9. The molecule has 4 heterocycles. The van der Waals surface area contributed by atoms with Gasteiger partial charge in [-0.3, -0.25) is 29.5 Å². The number of hydrogen-bond acceptors (Lipinski definition) is 14. The molecule has 0 bridgehead atoms. The summed E-state index contributed by atoms with van der Waals surface area (Å²) >= 11 is 0. The van der Waals surface area contributed by atoms with Gasteiger partial charge in [0.15, 0.2) is 0 Å². The molecule has 2 amide bonds. The van der Waals surface area contributed by atoms with Crippen LogP contribution >= 0.6 is 0 Å². The fourth-order valence-electron chi connectivity index (χ4n) is 2.35. The summed E-state index contributed by atoms with van der Waals surface area (Å²) in [6.07, 6.45) is 12.5. The van der Waals surface area contributed by atoms with Crippen LogP contribution in [0.5, 0.6) is 0 Å². The van der Waals surface area contributed by atoms with Crippen LogP contribution in [0.15, 0.2) is 108 Å². The number of pyridine rings is 4. The molecule has 0 saturated heterocycles. The molecule has 4 aromatic rings. The van der Waals surface area contributed by atoms with Crippen LogP contribution in [-0.2, 0) is 32.8 Å². The van der Waals surface area contributed by atoms with Gasteiger partial charge in [-0.05, 0) is 48.5 Å². The van der Waals surface area contributed by atoms with Crippen LogP contribution in [0, 0.1) is 30.6 Å². The van der Waals surface area contributed by atoms with E-state index in [9.17, 15) is 9.59 Å². The van der Waals surface area contributed by atoms with E-state index in [1.807, 2.05) is 24.3 Å². The molecule has 4 rings (SSSR count). The standard InChI is InChI=1S/2C12H10N4O.Cd.2NO3.H2O/c2*17-12(10-4-7-13-8-5-10)16-15-9-11-3-1-2-6-14-11;;2*2-1(3)4;/h2*1-9H,(H,16,17);;;;1H2/q;;+2;2*-1;/p+1/b15-9+;15-9-;;;;. The van der Waals surface area contributed by atoms with Crippen LogP contribution in [0.3, 0.4) is 0 Å². The molecule has 0 aromatic carbocycles. The molecule has 5 N–H and O–H groups in total. The van der Waals surface area contributed by atoms with Crippen LogP contribution in [-0.4, -0.2) is 54.4 Å². The Morgan fingerprint density at radius 1 is 0.614 bits per heavy atom. The summed E-state index contributed by atoms with van der Waals surface area (Å²) in [5.74, 6) is -0.556. The van der Waals surface area contributed by atoms with E-state index in [-0.39, 0.29) is 44.6 Å². The van der Waals surface area contributed by atoms with Crippen LogP contribution < -0.4 is 10.9 Å². The maximum Gasteiger partial charge on any atom is 2.00 e. The Morgan fingerprint density at radius 3 is 1.20 bits per heavy atom. The summed E-state index contributed by atoms with van der Waals surface area (Å²) in [6.45, 7) is 0. The summed E-state index contributed by atoms with van der Waals surface area (Å²) in [5.41, 5.74) is 7.21. The minimum atomic E-state index is -1.75. The Morgan fingerprint density at radius 2 is 0.932 bits per heavy atom. The van der Waals surface area contributed by atoms with E-state index in [0.29, 0.717) is 22.5 Å². The number of aromatic nitrogens is 4. The first kappa shape index (κ1) is 40.3. The van der Waals surface area contributed by atoms with Crippen molar-refractivity contribution in [3.05, 3.63) is 151 Å². The van der Waals surface area contributed by atoms with Crippen molar-refractivity contribution in [1.29, 1.82) is 0 Å². The van der Waals surface area contributed by atoms with Crippen LogP contribution in [0.2, 0.25) is 0 Å². The number of carbonyl (C=O) groups is 2. The smallest absolute Gasteiger partial charge is 0.457 e. The molecule has 0 aliphatic rings. The summed E-state index contributed by atoms with van der Waals surface area (Å²) in [6, 6.07) is 17.4. The maximum absolute atomic E-state index is 11.6. The zero-order valence-electron chi connectivity index (χ0n) is 22.5. The topological polar surface area (TPSA) is 300 Å². The van der Waals surface area contributed by atoms with E-state index in [4.69, 9.17) is 30.6 Å². The molecule has 0 radical (unpaired) electrons. The number of hydrazone groups is 2. The van der Waals surface area contributed by atoms with Gasteiger partial charge in [0.25, 0.3) is 11.8 Å². The average molecular weight is 708 g/mol. The molecule has 0 atom stereocenters. The number of nitrogens with one attached hydrogen (secondary N) is 2. The molecule has 4 aromatic heterocycles. The molecular formula is C24H23CdN10O9+. The summed E-state index contributed by atoms with van der Waals surface area (Å²) in [5, 5.41) is 37.1. The zero-order valence-corrected chi connectivity index (χ0v) is 26.6. The minimum absolute atomic E-state index is 0. The Bertz CT molecular complexity index is 1320. The molecule has 19 nitrogen and oxygen atoms in total. The third-order valence-electron chi connectivity index (χ3n) is 3.99. The SMILES string of the molecule is O=C(N/N=C/c1ccccn1)c1ccncc1.O=C(N/N=C\c1ccccn1)c1ccncc1.O=[N+]([O-])[O-].O=[N+]([O-])[O-].[Cd+2].[OH3+]. The number of nitrogens with zero attached hydrogens (tertiary/aromatic N) is 8. The fraction of sp³-hybridized carbons (Fsp3) is 0.